The maximum absolute atomic E-state index is 13.1. The van der Waals surface area contributed by atoms with Gasteiger partial charge in [0.1, 0.15) is 0 Å². The fourth-order valence-corrected chi connectivity index (χ4v) is 5.15. The molecule has 0 bridgehead atoms. The van der Waals surface area contributed by atoms with Gasteiger partial charge in [-0.05, 0) is 54.5 Å². The number of phenols is 1. The zero-order valence-corrected chi connectivity index (χ0v) is 17.6. The number of amides is 1. The third-order valence-electron chi connectivity index (χ3n) is 6.72. The Labute approximate surface area is 182 Å². The summed E-state index contributed by atoms with van der Waals surface area (Å²) in [6, 6.07) is 11.5. The topological polar surface area (TPSA) is 79.8 Å². The summed E-state index contributed by atoms with van der Waals surface area (Å²) < 4.78 is 10.8. The fraction of sp³-hybridized carbons (Fsp3) is 0.400. The average molecular weight is 421 g/mol. The molecule has 3 aliphatic rings. The second-order valence-electron chi connectivity index (χ2n) is 8.52. The molecule has 2 aromatic rings. The maximum atomic E-state index is 13.1. The SMILES string of the molecule is COc1ccc(C2Nc3c(C(=O)NCC4CCCO4)cccc3C3C=CCC32)cc1O. The Morgan fingerprint density at radius 1 is 1.32 bits per heavy atom. The molecule has 3 N–H and O–H groups in total. The van der Waals surface area contributed by atoms with Gasteiger partial charge in [0.15, 0.2) is 11.5 Å². The molecule has 5 rings (SSSR count). The predicted octanol–water partition coefficient (Wildman–Crippen LogP) is 4.14. The number of anilines is 1. The molecule has 162 valence electrons. The first-order valence-electron chi connectivity index (χ1n) is 11.0. The monoisotopic (exact) mass is 420 g/mol. The first kappa shape index (κ1) is 19.9. The number of phenolic OH excluding ortho intramolecular Hbond substituents is 1. The van der Waals surface area contributed by atoms with E-state index >= 15 is 0 Å². The average Bonchev–Trinajstić information content (AvgIpc) is 3.48. The van der Waals surface area contributed by atoms with Gasteiger partial charge < -0.3 is 25.2 Å². The minimum Gasteiger partial charge on any atom is -0.504 e. The van der Waals surface area contributed by atoms with Crippen molar-refractivity contribution >= 4 is 11.6 Å². The lowest BCUT2D eigenvalue weighted by atomic mass is 9.76. The van der Waals surface area contributed by atoms with Crippen LogP contribution in [0.25, 0.3) is 0 Å². The van der Waals surface area contributed by atoms with Crippen LogP contribution in [0.1, 0.15) is 52.7 Å². The molecule has 31 heavy (non-hydrogen) atoms. The summed E-state index contributed by atoms with van der Waals surface area (Å²) in [5.74, 6) is 1.05. The van der Waals surface area contributed by atoms with E-state index in [4.69, 9.17) is 9.47 Å². The molecule has 1 amide bonds. The number of fused-ring (bicyclic) bond motifs is 3. The number of nitrogens with one attached hydrogen (secondary N) is 2. The molecule has 1 saturated heterocycles. The molecular weight excluding hydrogens is 392 g/mol. The van der Waals surface area contributed by atoms with E-state index in [1.165, 1.54) is 0 Å². The number of carbonyl (C=O) groups excluding carboxylic acids is 1. The first-order chi connectivity index (χ1) is 15.2. The lowest BCUT2D eigenvalue weighted by Crippen LogP contribution is -2.34. The van der Waals surface area contributed by atoms with Crippen molar-refractivity contribution in [2.75, 3.05) is 25.6 Å². The summed E-state index contributed by atoms with van der Waals surface area (Å²) in [6.45, 7) is 1.30. The summed E-state index contributed by atoms with van der Waals surface area (Å²) in [5.41, 5.74) is 3.66. The Morgan fingerprint density at radius 3 is 3.00 bits per heavy atom. The van der Waals surface area contributed by atoms with Crippen LogP contribution in [0.2, 0.25) is 0 Å². The van der Waals surface area contributed by atoms with Crippen molar-refractivity contribution < 1.29 is 19.4 Å². The molecule has 6 nitrogen and oxygen atoms in total. The number of rotatable bonds is 5. The Kier molecular flexibility index (Phi) is 5.32. The van der Waals surface area contributed by atoms with Crippen LogP contribution in [0.3, 0.4) is 0 Å². The summed E-state index contributed by atoms with van der Waals surface area (Å²) in [4.78, 5) is 13.1. The molecule has 0 radical (unpaired) electrons. The van der Waals surface area contributed by atoms with Gasteiger partial charge in [0.2, 0.25) is 0 Å². The number of hydrogen-bond acceptors (Lipinski definition) is 5. The molecule has 1 aliphatic carbocycles. The fourth-order valence-electron chi connectivity index (χ4n) is 5.15. The first-order valence-corrected chi connectivity index (χ1v) is 11.0. The zero-order chi connectivity index (χ0) is 21.4. The normalized spacial score (nSPS) is 26.1. The van der Waals surface area contributed by atoms with E-state index < -0.39 is 0 Å². The molecule has 4 atom stereocenters. The Hall–Kier alpha value is -2.99. The van der Waals surface area contributed by atoms with E-state index in [0.717, 1.165) is 42.7 Å². The van der Waals surface area contributed by atoms with Crippen molar-refractivity contribution in [3.63, 3.8) is 0 Å². The number of para-hydroxylation sites is 1. The third-order valence-corrected chi connectivity index (χ3v) is 6.72. The molecule has 4 unspecified atom stereocenters. The quantitative estimate of drug-likeness (QED) is 0.634. The summed E-state index contributed by atoms with van der Waals surface area (Å²) in [5, 5.41) is 17.0. The van der Waals surface area contributed by atoms with Gasteiger partial charge in [-0.25, -0.2) is 0 Å². The highest BCUT2D eigenvalue weighted by Gasteiger charge is 2.39. The lowest BCUT2D eigenvalue weighted by Gasteiger charge is -2.38. The van der Waals surface area contributed by atoms with Gasteiger partial charge in [-0.3, -0.25) is 4.79 Å². The Bertz CT molecular complexity index is 1010. The van der Waals surface area contributed by atoms with Crippen molar-refractivity contribution in [3.8, 4) is 11.5 Å². The lowest BCUT2D eigenvalue weighted by molar-refractivity contribution is 0.0858. The van der Waals surface area contributed by atoms with Crippen LogP contribution in [0.5, 0.6) is 11.5 Å². The second kappa shape index (κ2) is 8.27. The molecule has 0 saturated carbocycles. The van der Waals surface area contributed by atoms with Crippen molar-refractivity contribution in [1.29, 1.82) is 0 Å². The van der Waals surface area contributed by atoms with E-state index in [1.807, 2.05) is 18.2 Å². The minimum absolute atomic E-state index is 0.0172. The van der Waals surface area contributed by atoms with Crippen LogP contribution < -0.4 is 15.4 Å². The van der Waals surface area contributed by atoms with Crippen molar-refractivity contribution in [2.24, 2.45) is 5.92 Å². The van der Waals surface area contributed by atoms with Crippen LogP contribution in [0.15, 0.2) is 48.6 Å². The van der Waals surface area contributed by atoms with Crippen molar-refractivity contribution in [2.45, 2.75) is 37.3 Å². The third kappa shape index (κ3) is 3.65. The van der Waals surface area contributed by atoms with E-state index in [9.17, 15) is 9.90 Å². The number of methoxy groups -OCH3 is 1. The van der Waals surface area contributed by atoms with Crippen LogP contribution in [0, 0.1) is 5.92 Å². The zero-order valence-electron chi connectivity index (χ0n) is 17.6. The molecule has 2 heterocycles. The molecular formula is C25H28N2O4. The largest absolute Gasteiger partial charge is 0.504 e. The van der Waals surface area contributed by atoms with Crippen LogP contribution >= 0.6 is 0 Å². The molecule has 6 heteroatoms. The number of benzene rings is 2. The highest BCUT2D eigenvalue weighted by atomic mass is 16.5. The second-order valence-corrected chi connectivity index (χ2v) is 8.52. The van der Waals surface area contributed by atoms with Crippen molar-refractivity contribution in [3.05, 3.63) is 65.2 Å². The Morgan fingerprint density at radius 2 is 2.23 bits per heavy atom. The standard InChI is InChI=1S/C25H28N2O4/c1-30-22-11-10-15(13-21(22)28)23-18-7-2-6-17(18)19-8-3-9-20(24(19)27-23)25(29)26-14-16-5-4-12-31-16/h2-3,6,8-11,13,16-18,23,27-28H,4-5,7,12,14H2,1H3,(H,26,29). The molecule has 2 aliphatic heterocycles. The maximum Gasteiger partial charge on any atom is 0.253 e. The molecule has 0 aromatic heterocycles. The van der Waals surface area contributed by atoms with E-state index in [0.29, 0.717) is 23.8 Å². The summed E-state index contributed by atoms with van der Waals surface area (Å²) in [6.07, 6.45) is 7.55. The minimum atomic E-state index is -0.0865. The number of aromatic hydroxyl groups is 1. The van der Waals surface area contributed by atoms with E-state index in [-0.39, 0.29) is 29.7 Å². The van der Waals surface area contributed by atoms with Gasteiger partial charge in [0.05, 0.1) is 30.5 Å². The van der Waals surface area contributed by atoms with Gasteiger partial charge in [-0.1, -0.05) is 30.4 Å². The highest BCUT2D eigenvalue weighted by molar-refractivity contribution is 6.00. The summed E-state index contributed by atoms with van der Waals surface area (Å²) >= 11 is 0. The smallest absolute Gasteiger partial charge is 0.253 e. The van der Waals surface area contributed by atoms with Crippen molar-refractivity contribution in [1.82, 2.24) is 5.32 Å². The predicted molar refractivity (Wildman–Crippen MR) is 119 cm³/mol. The Balaban J connectivity index is 1.46. The number of hydrogen-bond donors (Lipinski definition) is 3. The van der Waals surface area contributed by atoms with Gasteiger partial charge in [0.25, 0.3) is 5.91 Å². The number of allylic oxidation sites excluding steroid dienone is 2. The molecule has 2 aromatic carbocycles. The van der Waals surface area contributed by atoms with Gasteiger partial charge in [-0.15, -0.1) is 0 Å². The van der Waals surface area contributed by atoms with Gasteiger partial charge >= 0.3 is 0 Å². The highest BCUT2D eigenvalue weighted by Crippen LogP contribution is 2.51. The number of ether oxygens (including phenoxy) is 2. The summed E-state index contributed by atoms with van der Waals surface area (Å²) in [7, 11) is 1.54. The molecule has 1 fully saturated rings. The van der Waals surface area contributed by atoms with Crippen LogP contribution in [-0.2, 0) is 4.74 Å². The van der Waals surface area contributed by atoms with Crippen LogP contribution in [0.4, 0.5) is 5.69 Å². The van der Waals surface area contributed by atoms with Gasteiger partial charge in [-0.2, -0.15) is 0 Å². The molecule has 0 spiro atoms. The van der Waals surface area contributed by atoms with E-state index in [2.05, 4.69) is 28.9 Å². The van der Waals surface area contributed by atoms with Crippen LogP contribution in [-0.4, -0.2) is 37.4 Å². The van der Waals surface area contributed by atoms with E-state index in [1.54, 1.807) is 19.2 Å². The van der Waals surface area contributed by atoms with Gasteiger partial charge in [0, 0.05) is 19.1 Å². The number of carbonyl (C=O) groups is 1.